The van der Waals surface area contributed by atoms with Crippen molar-refractivity contribution < 1.29 is 23.0 Å². The van der Waals surface area contributed by atoms with Crippen molar-refractivity contribution in [2.24, 2.45) is 7.05 Å². The van der Waals surface area contributed by atoms with Gasteiger partial charge in [-0.2, -0.15) is 13.9 Å². The van der Waals surface area contributed by atoms with Gasteiger partial charge in [-0.05, 0) is 25.1 Å². The molecule has 24 heavy (non-hydrogen) atoms. The molecule has 0 atom stereocenters. The van der Waals surface area contributed by atoms with Gasteiger partial charge in [-0.1, -0.05) is 11.6 Å². The number of aromatic nitrogens is 2. The van der Waals surface area contributed by atoms with E-state index in [1.54, 1.807) is 18.7 Å². The third-order valence-corrected chi connectivity index (χ3v) is 3.46. The lowest BCUT2D eigenvalue weighted by Gasteiger charge is -2.13. The molecule has 0 saturated heterocycles. The summed E-state index contributed by atoms with van der Waals surface area (Å²) in [5.74, 6) is -0.459. The van der Waals surface area contributed by atoms with Crippen LogP contribution >= 0.6 is 11.6 Å². The van der Waals surface area contributed by atoms with Gasteiger partial charge in [0, 0.05) is 12.6 Å². The first-order valence-electron chi connectivity index (χ1n) is 7.08. The molecule has 0 bridgehead atoms. The molecule has 1 amide bonds. The number of hydrogen-bond acceptors (Lipinski definition) is 4. The SMILES string of the molecule is CCOc1cc(C(=O)NCc2c(Cl)cnn2C)ccc1OC(F)F. The van der Waals surface area contributed by atoms with E-state index in [0.717, 1.165) is 0 Å². The zero-order valence-corrected chi connectivity index (χ0v) is 13.8. The molecule has 0 unspecified atom stereocenters. The molecule has 2 aromatic rings. The summed E-state index contributed by atoms with van der Waals surface area (Å²) in [7, 11) is 1.71. The zero-order chi connectivity index (χ0) is 17.7. The molecule has 0 spiro atoms. The lowest BCUT2D eigenvalue weighted by Crippen LogP contribution is -2.24. The summed E-state index contributed by atoms with van der Waals surface area (Å²) in [5.41, 5.74) is 0.894. The van der Waals surface area contributed by atoms with Crippen LogP contribution in [0.25, 0.3) is 0 Å². The van der Waals surface area contributed by atoms with Crippen LogP contribution in [0.2, 0.25) is 5.02 Å². The van der Waals surface area contributed by atoms with Crippen LogP contribution in [0.4, 0.5) is 8.78 Å². The van der Waals surface area contributed by atoms with Crippen molar-refractivity contribution in [1.29, 1.82) is 0 Å². The van der Waals surface area contributed by atoms with Crippen LogP contribution in [0.3, 0.4) is 0 Å². The fraction of sp³-hybridized carbons (Fsp3) is 0.333. The minimum atomic E-state index is -2.98. The number of aryl methyl sites for hydroxylation is 1. The lowest BCUT2D eigenvalue weighted by atomic mass is 10.2. The fourth-order valence-corrected chi connectivity index (χ4v) is 2.24. The normalized spacial score (nSPS) is 10.8. The van der Waals surface area contributed by atoms with Gasteiger partial charge >= 0.3 is 6.61 Å². The molecule has 0 aliphatic carbocycles. The number of carbonyl (C=O) groups is 1. The minimum Gasteiger partial charge on any atom is -0.490 e. The van der Waals surface area contributed by atoms with E-state index in [1.165, 1.54) is 24.4 Å². The van der Waals surface area contributed by atoms with Gasteiger partial charge in [0.05, 0.1) is 30.1 Å². The van der Waals surface area contributed by atoms with Gasteiger partial charge < -0.3 is 14.8 Å². The summed E-state index contributed by atoms with van der Waals surface area (Å²) >= 11 is 5.97. The Bertz CT molecular complexity index is 702. The van der Waals surface area contributed by atoms with Gasteiger partial charge in [0.2, 0.25) is 0 Å². The summed E-state index contributed by atoms with van der Waals surface area (Å²) in [5, 5.41) is 7.09. The second kappa shape index (κ2) is 7.96. The molecule has 6 nitrogen and oxygen atoms in total. The Morgan fingerprint density at radius 1 is 1.42 bits per heavy atom. The standard InChI is InChI=1S/C15H16ClF2N3O3/c1-3-23-13-6-9(4-5-12(13)24-15(17)18)14(22)19-8-11-10(16)7-20-21(11)2/h4-7,15H,3,8H2,1-2H3,(H,19,22). The predicted octanol–water partition coefficient (Wildman–Crippen LogP) is 3.00. The predicted molar refractivity (Wildman–Crippen MR) is 83.6 cm³/mol. The molecular weight excluding hydrogens is 344 g/mol. The maximum Gasteiger partial charge on any atom is 0.387 e. The number of rotatable bonds is 7. The van der Waals surface area contributed by atoms with Crippen LogP contribution in [0.15, 0.2) is 24.4 Å². The van der Waals surface area contributed by atoms with Crippen molar-refractivity contribution in [3.05, 3.63) is 40.7 Å². The van der Waals surface area contributed by atoms with E-state index >= 15 is 0 Å². The summed E-state index contributed by atoms with van der Waals surface area (Å²) < 4.78 is 35.9. The maximum atomic E-state index is 12.4. The largest absolute Gasteiger partial charge is 0.490 e. The Morgan fingerprint density at radius 3 is 2.75 bits per heavy atom. The Labute approximate surface area is 142 Å². The smallest absolute Gasteiger partial charge is 0.387 e. The van der Waals surface area contributed by atoms with Crippen LogP contribution in [0, 0.1) is 0 Å². The average molecular weight is 360 g/mol. The van der Waals surface area contributed by atoms with Crippen LogP contribution in [-0.2, 0) is 13.6 Å². The van der Waals surface area contributed by atoms with E-state index < -0.39 is 12.5 Å². The number of nitrogens with zero attached hydrogens (tertiary/aromatic N) is 2. The van der Waals surface area contributed by atoms with Gasteiger partial charge in [-0.15, -0.1) is 0 Å². The third kappa shape index (κ3) is 4.35. The Balaban J connectivity index is 2.12. The Morgan fingerprint density at radius 2 is 2.17 bits per heavy atom. The first-order chi connectivity index (χ1) is 11.4. The first kappa shape index (κ1) is 18.0. The molecular formula is C15H16ClF2N3O3. The molecule has 0 radical (unpaired) electrons. The van der Waals surface area contributed by atoms with E-state index in [9.17, 15) is 13.6 Å². The highest BCUT2D eigenvalue weighted by molar-refractivity contribution is 6.31. The number of halogens is 3. The second-order valence-corrected chi connectivity index (χ2v) is 5.13. The molecule has 0 aliphatic heterocycles. The highest BCUT2D eigenvalue weighted by Crippen LogP contribution is 2.30. The number of carbonyl (C=O) groups excluding carboxylic acids is 1. The molecule has 9 heteroatoms. The molecule has 0 saturated carbocycles. The van der Waals surface area contributed by atoms with E-state index in [0.29, 0.717) is 10.7 Å². The van der Waals surface area contributed by atoms with Crippen molar-refractivity contribution in [3.63, 3.8) is 0 Å². The van der Waals surface area contributed by atoms with Gasteiger partial charge in [0.25, 0.3) is 5.91 Å². The van der Waals surface area contributed by atoms with E-state index in [-0.39, 0.29) is 30.2 Å². The third-order valence-electron chi connectivity index (χ3n) is 3.15. The molecule has 1 heterocycles. The van der Waals surface area contributed by atoms with Crippen LogP contribution in [0.5, 0.6) is 11.5 Å². The number of amides is 1. The van der Waals surface area contributed by atoms with E-state index in [1.807, 2.05) is 0 Å². The van der Waals surface area contributed by atoms with Crippen LogP contribution < -0.4 is 14.8 Å². The quantitative estimate of drug-likeness (QED) is 0.825. The average Bonchev–Trinajstić information content (AvgIpc) is 2.85. The van der Waals surface area contributed by atoms with Crippen LogP contribution in [0.1, 0.15) is 23.0 Å². The van der Waals surface area contributed by atoms with Crippen molar-refractivity contribution in [1.82, 2.24) is 15.1 Å². The van der Waals surface area contributed by atoms with Crippen molar-refractivity contribution in [2.45, 2.75) is 20.1 Å². The number of hydrogen-bond donors (Lipinski definition) is 1. The Hall–Kier alpha value is -2.35. The molecule has 2 rings (SSSR count). The molecule has 130 valence electrons. The highest BCUT2D eigenvalue weighted by atomic mass is 35.5. The van der Waals surface area contributed by atoms with E-state index in [2.05, 4.69) is 15.2 Å². The molecule has 0 aliphatic rings. The number of benzene rings is 1. The second-order valence-electron chi connectivity index (χ2n) is 4.72. The van der Waals surface area contributed by atoms with Crippen LogP contribution in [-0.4, -0.2) is 28.9 Å². The topological polar surface area (TPSA) is 65.4 Å². The number of alkyl halides is 2. The summed E-state index contributed by atoms with van der Waals surface area (Å²) in [6, 6.07) is 3.99. The monoisotopic (exact) mass is 359 g/mol. The number of nitrogens with one attached hydrogen (secondary N) is 1. The van der Waals surface area contributed by atoms with Crippen molar-refractivity contribution in [3.8, 4) is 11.5 Å². The zero-order valence-electron chi connectivity index (χ0n) is 13.1. The molecule has 1 aromatic heterocycles. The fourth-order valence-electron chi connectivity index (χ4n) is 2.01. The summed E-state index contributed by atoms with van der Waals surface area (Å²) in [6.07, 6.45) is 1.48. The highest BCUT2D eigenvalue weighted by Gasteiger charge is 2.15. The Kier molecular flexibility index (Phi) is 5.97. The minimum absolute atomic E-state index is 0.0732. The van der Waals surface area contributed by atoms with Crippen molar-refractivity contribution in [2.75, 3.05) is 6.61 Å². The lowest BCUT2D eigenvalue weighted by molar-refractivity contribution is -0.0514. The van der Waals surface area contributed by atoms with E-state index in [4.69, 9.17) is 16.3 Å². The van der Waals surface area contributed by atoms with Gasteiger partial charge in [0.15, 0.2) is 11.5 Å². The molecule has 1 N–H and O–H groups in total. The summed E-state index contributed by atoms with van der Waals surface area (Å²) in [6.45, 7) is -0.859. The van der Waals surface area contributed by atoms with Gasteiger partial charge in [0.1, 0.15) is 0 Å². The van der Waals surface area contributed by atoms with Gasteiger partial charge in [-0.3, -0.25) is 9.48 Å². The number of ether oxygens (including phenoxy) is 2. The molecule has 0 fully saturated rings. The maximum absolute atomic E-state index is 12.4. The first-order valence-corrected chi connectivity index (χ1v) is 7.46. The van der Waals surface area contributed by atoms with Crippen molar-refractivity contribution >= 4 is 17.5 Å². The summed E-state index contributed by atoms with van der Waals surface area (Å²) in [4.78, 5) is 12.2. The molecule has 1 aromatic carbocycles. The van der Waals surface area contributed by atoms with Gasteiger partial charge in [-0.25, -0.2) is 0 Å².